The van der Waals surface area contributed by atoms with Crippen LogP contribution >= 0.6 is 0 Å². The van der Waals surface area contributed by atoms with Gasteiger partial charge in [-0.2, -0.15) is 0 Å². The third kappa shape index (κ3) is 4.29. The van der Waals surface area contributed by atoms with Gasteiger partial charge in [0, 0.05) is 0 Å². The van der Waals surface area contributed by atoms with Crippen LogP contribution in [-0.4, -0.2) is 24.0 Å². The first kappa shape index (κ1) is 17.7. The van der Waals surface area contributed by atoms with Crippen LogP contribution in [0.2, 0.25) is 0 Å². The highest BCUT2D eigenvalue weighted by atomic mass is 16.6. The summed E-state index contributed by atoms with van der Waals surface area (Å²) >= 11 is 0. The SMILES string of the molecule is CCC(O)(CC)O[C@H](c1ccccc1C)[C@H](C)C(=O)OC. The van der Waals surface area contributed by atoms with Gasteiger partial charge in [0.05, 0.1) is 19.1 Å². The number of aryl methyl sites for hydroxylation is 1. The Balaban J connectivity index is 3.18. The molecule has 0 bridgehead atoms. The van der Waals surface area contributed by atoms with Crippen molar-refractivity contribution in [2.75, 3.05) is 7.11 Å². The van der Waals surface area contributed by atoms with E-state index in [1.807, 2.05) is 45.0 Å². The monoisotopic (exact) mass is 294 g/mol. The Morgan fingerprint density at radius 2 is 1.86 bits per heavy atom. The summed E-state index contributed by atoms with van der Waals surface area (Å²) in [5, 5.41) is 10.5. The fraction of sp³-hybridized carbons (Fsp3) is 0.588. The lowest BCUT2D eigenvalue weighted by Crippen LogP contribution is -2.36. The van der Waals surface area contributed by atoms with Gasteiger partial charge < -0.3 is 14.6 Å². The number of aliphatic hydroxyl groups is 1. The van der Waals surface area contributed by atoms with E-state index >= 15 is 0 Å². The molecule has 1 aromatic carbocycles. The molecule has 0 spiro atoms. The molecule has 0 aliphatic carbocycles. The van der Waals surface area contributed by atoms with Gasteiger partial charge in [-0.3, -0.25) is 4.79 Å². The molecule has 4 heteroatoms. The molecule has 0 aromatic heterocycles. The van der Waals surface area contributed by atoms with Gasteiger partial charge in [-0.15, -0.1) is 0 Å². The van der Waals surface area contributed by atoms with Crippen LogP contribution in [0.4, 0.5) is 0 Å². The number of ether oxygens (including phenoxy) is 2. The van der Waals surface area contributed by atoms with Crippen LogP contribution in [0, 0.1) is 12.8 Å². The molecule has 0 aliphatic rings. The molecular weight excluding hydrogens is 268 g/mol. The fourth-order valence-electron chi connectivity index (χ4n) is 2.30. The molecule has 0 saturated carbocycles. The predicted octanol–water partition coefficient (Wildman–Crippen LogP) is 3.37. The normalized spacial score (nSPS) is 14.6. The first-order valence-electron chi connectivity index (χ1n) is 7.42. The predicted molar refractivity (Wildman–Crippen MR) is 81.7 cm³/mol. The van der Waals surface area contributed by atoms with Crippen LogP contribution in [0.3, 0.4) is 0 Å². The van der Waals surface area contributed by atoms with Crippen LogP contribution in [-0.2, 0) is 14.3 Å². The van der Waals surface area contributed by atoms with Gasteiger partial charge in [-0.1, -0.05) is 38.1 Å². The summed E-state index contributed by atoms with van der Waals surface area (Å²) in [6, 6.07) is 7.72. The summed E-state index contributed by atoms with van der Waals surface area (Å²) in [6.07, 6.45) is 0.378. The van der Waals surface area contributed by atoms with Crippen molar-refractivity contribution >= 4 is 5.97 Å². The quantitative estimate of drug-likeness (QED) is 0.619. The molecule has 21 heavy (non-hydrogen) atoms. The molecule has 1 aromatic rings. The van der Waals surface area contributed by atoms with Crippen molar-refractivity contribution in [2.45, 2.75) is 52.4 Å². The molecule has 0 heterocycles. The summed E-state index contributed by atoms with van der Waals surface area (Å²) in [4.78, 5) is 11.9. The van der Waals surface area contributed by atoms with E-state index < -0.39 is 17.8 Å². The zero-order valence-electron chi connectivity index (χ0n) is 13.6. The largest absolute Gasteiger partial charge is 0.469 e. The molecule has 2 atom stereocenters. The van der Waals surface area contributed by atoms with E-state index in [0.717, 1.165) is 11.1 Å². The maximum Gasteiger partial charge on any atom is 0.311 e. The number of methoxy groups -OCH3 is 1. The van der Waals surface area contributed by atoms with Gasteiger partial charge in [0.1, 0.15) is 0 Å². The zero-order chi connectivity index (χ0) is 16.0. The topological polar surface area (TPSA) is 55.8 Å². The summed E-state index contributed by atoms with van der Waals surface area (Å²) in [5.41, 5.74) is 1.92. The molecule has 0 amide bonds. The van der Waals surface area contributed by atoms with E-state index in [9.17, 15) is 9.90 Å². The molecule has 0 radical (unpaired) electrons. The van der Waals surface area contributed by atoms with Crippen molar-refractivity contribution in [1.82, 2.24) is 0 Å². The van der Waals surface area contributed by atoms with Crippen molar-refractivity contribution in [3.8, 4) is 0 Å². The lowest BCUT2D eigenvalue weighted by Gasteiger charge is -2.34. The third-order valence-electron chi connectivity index (χ3n) is 3.97. The van der Waals surface area contributed by atoms with Gasteiger partial charge in [0.25, 0.3) is 0 Å². The van der Waals surface area contributed by atoms with E-state index in [0.29, 0.717) is 12.8 Å². The van der Waals surface area contributed by atoms with Crippen LogP contribution in [0.15, 0.2) is 24.3 Å². The molecule has 1 rings (SSSR count). The van der Waals surface area contributed by atoms with Gasteiger partial charge >= 0.3 is 5.97 Å². The van der Waals surface area contributed by atoms with Crippen molar-refractivity contribution in [2.24, 2.45) is 5.92 Å². The van der Waals surface area contributed by atoms with Crippen molar-refractivity contribution in [3.63, 3.8) is 0 Å². The first-order chi connectivity index (χ1) is 9.88. The molecular formula is C17H26O4. The van der Waals surface area contributed by atoms with Gasteiger partial charge in [0.2, 0.25) is 0 Å². The number of hydrogen-bond acceptors (Lipinski definition) is 4. The third-order valence-corrected chi connectivity index (χ3v) is 3.97. The average molecular weight is 294 g/mol. The number of rotatable bonds is 7. The van der Waals surface area contributed by atoms with E-state index in [1.165, 1.54) is 7.11 Å². The second-order valence-electron chi connectivity index (χ2n) is 5.36. The second-order valence-corrected chi connectivity index (χ2v) is 5.36. The van der Waals surface area contributed by atoms with Gasteiger partial charge in [-0.25, -0.2) is 0 Å². The Hall–Kier alpha value is -1.39. The minimum Gasteiger partial charge on any atom is -0.469 e. The van der Waals surface area contributed by atoms with E-state index in [4.69, 9.17) is 9.47 Å². The van der Waals surface area contributed by atoms with Gasteiger partial charge in [0.15, 0.2) is 5.79 Å². The van der Waals surface area contributed by atoms with Crippen molar-refractivity contribution in [1.29, 1.82) is 0 Å². The Labute approximate surface area is 127 Å². The molecule has 4 nitrogen and oxygen atoms in total. The highest BCUT2D eigenvalue weighted by Crippen LogP contribution is 2.34. The maximum atomic E-state index is 11.9. The standard InChI is InChI=1S/C17H26O4/c1-6-17(19,7-2)21-15(13(4)16(18)20-5)14-11-9-8-10-12(14)3/h8-11,13,15,19H,6-7H2,1-5H3/t13-,15-/m0/s1. The molecule has 118 valence electrons. The number of carbonyl (C=O) groups is 1. The van der Waals surface area contributed by atoms with Crippen LogP contribution in [0.1, 0.15) is 50.8 Å². The average Bonchev–Trinajstić information content (AvgIpc) is 2.51. The number of esters is 1. The number of hydrogen-bond donors (Lipinski definition) is 1. The summed E-state index contributed by atoms with van der Waals surface area (Å²) in [7, 11) is 1.36. The minimum atomic E-state index is -1.24. The number of benzene rings is 1. The van der Waals surface area contributed by atoms with E-state index in [-0.39, 0.29) is 5.97 Å². The van der Waals surface area contributed by atoms with Crippen molar-refractivity contribution < 1.29 is 19.4 Å². The first-order valence-corrected chi connectivity index (χ1v) is 7.42. The maximum absolute atomic E-state index is 11.9. The van der Waals surface area contributed by atoms with E-state index in [1.54, 1.807) is 6.92 Å². The van der Waals surface area contributed by atoms with Crippen LogP contribution in [0.5, 0.6) is 0 Å². The Bertz CT molecular complexity index is 466. The number of carbonyl (C=O) groups excluding carboxylic acids is 1. The fourth-order valence-corrected chi connectivity index (χ4v) is 2.30. The molecule has 0 aliphatic heterocycles. The molecule has 1 N–H and O–H groups in total. The van der Waals surface area contributed by atoms with E-state index in [2.05, 4.69) is 0 Å². The Kier molecular flexibility index (Phi) is 6.37. The Morgan fingerprint density at radius 1 is 1.29 bits per heavy atom. The molecule has 0 fully saturated rings. The Morgan fingerprint density at radius 3 is 2.33 bits per heavy atom. The second kappa shape index (κ2) is 7.57. The molecule has 0 unspecified atom stereocenters. The minimum absolute atomic E-state index is 0.349. The highest BCUT2D eigenvalue weighted by molar-refractivity contribution is 5.73. The van der Waals surface area contributed by atoms with Crippen LogP contribution < -0.4 is 0 Å². The summed E-state index contributed by atoms with van der Waals surface area (Å²) in [5.74, 6) is -2.09. The summed E-state index contributed by atoms with van der Waals surface area (Å²) < 4.78 is 10.8. The smallest absolute Gasteiger partial charge is 0.311 e. The van der Waals surface area contributed by atoms with Gasteiger partial charge in [-0.05, 0) is 37.8 Å². The zero-order valence-corrected chi connectivity index (χ0v) is 13.6. The highest BCUT2D eigenvalue weighted by Gasteiger charge is 2.35. The molecule has 0 saturated heterocycles. The lowest BCUT2D eigenvalue weighted by atomic mass is 9.93. The van der Waals surface area contributed by atoms with Crippen LogP contribution in [0.25, 0.3) is 0 Å². The lowest BCUT2D eigenvalue weighted by molar-refractivity contribution is -0.245. The van der Waals surface area contributed by atoms with Crippen molar-refractivity contribution in [3.05, 3.63) is 35.4 Å². The summed E-state index contributed by atoms with van der Waals surface area (Å²) in [6.45, 7) is 7.45.